The number of thiophene rings is 1. The van der Waals surface area contributed by atoms with Crippen molar-refractivity contribution in [2.75, 3.05) is 18.8 Å². The number of aromatic nitrogens is 2. The Morgan fingerprint density at radius 3 is 2.86 bits per heavy atom. The molecule has 0 bridgehead atoms. The normalized spacial score (nSPS) is 23.0. The number of aliphatic hydroxyl groups excluding tert-OH is 1. The fraction of sp³-hybridized carbons (Fsp3) is 0.571. The number of nitrogens with zero attached hydrogens (tertiary/aromatic N) is 3. The molecule has 2 unspecified atom stereocenters. The van der Waals surface area contributed by atoms with E-state index in [-0.39, 0.29) is 11.8 Å². The Kier molecular flexibility index (Phi) is 3.41. The molecule has 0 spiro atoms. The van der Waals surface area contributed by atoms with Crippen molar-refractivity contribution in [1.29, 1.82) is 0 Å². The molecule has 2 aromatic heterocycles. The number of likely N-dealkylation sites (tertiary alicyclic amines) is 1. The van der Waals surface area contributed by atoms with E-state index in [1.807, 2.05) is 20.9 Å². The molecule has 114 valence electrons. The lowest BCUT2D eigenvalue weighted by Gasteiger charge is -2.34. The first kappa shape index (κ1) is 14.3. The van der Waals surface area contributed by atoms with Gasteiger partial charge in [0.25, 0.3) is 5.91 Å². The van der Waals surface area contributed by atoms with Crippen LogP contribution in [0.3, 0.4) is 0 Å². The summed E-state index contributed by atoms with van der Waals surface area (Å²) in [6.07, 6.45) is 0.361. The minimum absolute atomic E-state index is 0.0842. The van der Waals surface area contributed by atoms with Crippen molar-refractivity contribution in [3.63, 3.8) is 0 Å². The SMILES string of the molecule is Cc1nn(C)c2sc(C(=O)N3CCC(C)C(O)C3)c(N)c12. The van der Waals surface area contributed by atoms with Crippen LogP contribution in [0.1, 0.15) is 28.7 Å². The van der Waals surface area contributed by atoms with Crippen molar-refractivity contribution in [1.82, 2.24) is 14.7 Å². The second kappa shape index (κ2) is 4.99. The molecule has 1 aliphatic heterocycles. The van der Waals surface area contributed by atoms with Crippen LogP contribution in [-0.2, 0) is 7.05 Å². The number of β-amino-alcohol motifs (C(OH)–C–C–N with tert-alkyl or cyclic N) is 1. The van der Waals surface area contributed by atoms with E-state index in [9.17, 15) is 9.90 Å². The van der Waals surface area contributed by atoms with Gasteiger partial charge in [0.2, 0.25) is 0 Å². The van der Waals surface area contributed by atoms with Crippen LogP contribution in [0.15, 0.2) is 0 Å². The molecule has 0 aliphatic carbocycles. The summed E-state index contributed by atoms with van der Waals surface area (Å²) in [4.78, 5) is 15.9. The molecule has 2 aromatic rings. The number of hydrogen-bond donors (Lipinski definition) is 2. The number of piperidine rings is 1. The summed E-state index contributed by atoms with van der Waals surface area (Å²) >= 11 is 1.38. The first-order valence-corrected chi connectivity index (χ1v) is 7.90. The van der Waals surface area contributed by atoms with Crippen LogP contribution >= 0.6 is 11.3 Å². The highest BCUT2D eigenvalue weighted by molar-refractivity contribution is 7.21. The summed E-state index contributed by atoms with van der Waals surface area (Å²) in [5.41, 5.74) is 7.52. The number of aliphatic hydroxyl groups is 1. The van der Waals surface area contributed by atoms with E-state index in [1.165, 1.54) is 11.3 Å². The highest BCUT2D eigenvalue weighted by Crippen LogP contribution is 2.36. The molecule has 6 nitrogen and oxygen atoms in total. The second-order valence-electron chi connectivity index (χ2n) is 5.82. The van der Waals surface area contributed by atoms with Crippen LogP contribution in [0.5, 0.6) is 0 Å². The molecule has 3 heterocycles. The number of carbonyl (C=O) groups is 1. The molecular formula is C14H20N4O2S. The van der Waals surface area contributed by atoms with Gasteiger partial charge < -0.3 is 15.7 Å². The van der Waals surface area contributed by atoms with Gasteiger partial charge in [0.1, 0.15) is 9.71 Å². The number of amides is 1. The zero-order valence-electron chi connectivity index (χ0n) is 12.5. The van der Waals surface area contributed by atoms with E-state index in [4.69, 9.17) is 5.73 Å². The third kappa shape index (κ3) is 2.20. The van der Waals surface area contributed by atoms with Gasteiger partial charge >= 0.3 is 0 Å². The molecule has 1 amide bonds. The Morgan fingerprint density at radius 2 is 2.24 bits per heavy atom. The summed E-state index contributed by atoms with van der Waals surface area (Å²) in [7, 11) is 1.85. The summed E-state index contributed by atoms with van der Waals surface area (Å²) in [6.45, 7) is 4.95. The Labute approximate surface area is 127 Å². The van der Waals surface area contributed by atoms with Gasteiger partial charge in [-0.1, -0.05) is 6.92 Å². The van der Waals surface area contributed by atoms with Crippen LogP contribution in [0.4, 0.5) is 5.69 Å². The second-order valence-corrected chi connectivity index (χ2v) is 6.82. The van der Waals surface area contributed by atoms with E-state index < -0.39 is 6.10 Å². The Morgan fingerprint density at radius 1 is 1.52 bits per heavy atom. The molecule has 0 saturated carbocycles. The molecular weight excluding hydrogens is 288 g/mol. The van der Waals surface area contributed by atoms with Gasteiger partial charge in [0.05, 0.1) is 22.9 Å². The molecule has 7 heteroatoms. The van der Waals surface area contributed by atoms with Gasteiger partial charge in [-0.05, 0) is 19.3 Å². The minimum atomic E-state index is -0.457. The summed E-state index contributed by atoms with van der Waals surface area (Å²) in [5.74, 6) is 0.152. The first-order valence-electron chi connectivity index (χ1n) is 7.09. The van der Waals surface area contributed by atoms with Gasteiger partial charge in [-0.15, -0.1) is 11.3 Å². The maximum Gasteiger partial charge on any atom is 0.266 e. The lowest BCUT2D eigenvalue weighted by molar-refractivity contribution is 0.0252. The average Bonchev–Trinajstić information content (AvgIpc) is 2.92. The molecule has 2 atom stereocenters. The maximum absolute atomic E-state index is 12.7. The predicted octanol–water partition coefficient (Wildman–Crippen LogP) is 1.37. The van der Waals surface area contributed by atoms with Gasteiger partial charge in [-0.25, -0.2) is 0 Å². The molecule has 21 heavy (non-hydrogen) atoms. The summed E-state index contributed by atoms with van der Waals surface area (Å²) in [5, 5.41) is 15.2. The van der Waals surface area contributed by atoms with E-state index in [0.29, 0.717) is 23.7 Å². The summed E-state index contributed by atoms with van der Waals surface area (Å²) in [6, 6.07) is 0. The predicted molar refractivity (Wildman–Crippen MR) is 83.4 cm³/mol. The van der Waals surface area contributed by atoms with E-state index >= 15 is 0 Å². The Balaban J connectivity index is 1.95. The average molecular weight is 308 g/mol. The molecule has 0 radical (unpaired) electrons. The van der Waals surface area contributed by atoms with E-state index in [1.54, 1.807) is 9.58 Å². The van der Waals surface area contributed by atoms with Crippen LogP contribution < -0.4 is 5.73 Å². The van der Waals surface area contributed by atoms with Crippen molar-refractivity contribution in [2.45, 2.75) is 26.4 Å². The van der Waals surface area contributed by atoms with Crippen molar-refractivity contribution in [3.05, 3.63) is 10.6 Å². The third-order valence-corrected chi connectivity index (χ3v) is 5.54. The van der Waals surface area contributed by atoms with Crippen LogP contribution in [0, 0.1) is 12.8 Å². The topological polar surface area (TPSA) is 84.4 Å². The van der Waals surface area contributed by atoms with E-state index in [0.717, 1.165) is 22.3 Å². The molecule has 1 fully saturated rings. The molecule has 0 aromatic carbocycles. The van der Waals surface area contributed by atoms with Crippen LogP contribution in [0.25, 0.3) is 10.2 Å². The first-order chi connectivity index (χ1) is 9.90. The Bertz CT molecular complexity index is 705. The number of hydrogen-bond acceptors (Lipinski definition) is 5. The van der Waals surface area contributed by atoms with Gasteiger partial charge in [-0.3, -0.25) is 9.48 Å². The summed E-state index contributed by atoms with van der Waals surface area (Å²) < 4.78 is 1.76. The number of fused-ring (bicyclic) bond motifs is 1. The fourth-order valence-electron chi connectivity index (χ4n) is 2.87. The number of carbonyl (C=O) groups excluding carboxylic acids is 1. The number of aryl methyl sites for hydroxylation is 2. The van der Waals surface area contributed by atoms with Gasteiger partial charge in [0, 0.05) is 20.1 Å². The Hall–Kier alpha value is -1.60. The number of rotatable bonds is 1. The minimum Gasteiger partial charge on any atom is -0.397 e. The van der Waals surface area contributed by atoms with Crippen molar-refractivity contribution < 1.29 is 9.90 Å². The maximum atomic E-state index is 12.7. The zero-order valence-corrected chi connectivity index (χ0v) is 13.3. The molecule has 1 aliphatic rings. The van der Waals surface area contributed by atoms with Gasteiger partial charge in [0.15, 0.2) is 0 Å². The lowest BCUT2D eigenvalue weighted by Crippen LogP contribution is -2.45. The number of nitrogens with two attached hydrogens (primary N) is 1. The van der Waals surface area contributed by atoms with Crippen LogP contribution in [0.2, 0.25) is 0 Å². The van der Waals surface area contributed by atoms with Crippen molar-refractivity contribution in [2.24, 2.45) is 13.0 Å². The molecule has 1 saturated heterocycles. The van der Waals surface area contributed by atoms with Crippen molar-refractivity contribution in [3.8, 4) is 0 Å². The molecule has 3 N–H and O–H groups in total. The van der Waals surface area contributed by atoms with Crippen molar-refractivity contribution >= 4 is 33.1 Å². The smallest absolute Gasteiger partial charge is 0.266 e. The highest BCUT2D eigenvalue weighted by atomic mass is 32.1. The zero-order chi connectivity index (χ0) is 15.3. The standard InChI is InChI=1S/C14H20N4O2S/c1-7-4-5-18(6-9(7)19)13(20)12-11(15)10-8(2)16-17(3)14(10)21-12/h7,9,19H,4-6,15H2,1-3H3. The fourth-order valence-corrected chi connectivity index (χ4v) is 4.02. The number of nitrogen functional groups attached to an aromatic ring is 1. The third-order valence-electron chi connectivity index (χ3n) is 4.28. The van der Waals surface area contributed by atoms with E-state index in [2.05, 4.69) is 5.10 Å². The number of anilines is 1. The highest BCUT2D eigenvalue weighted by Gasteiger charge is 2.30. The quantitative estimate of drug-likeness (QED) is 0.833. The largest absolute Gasteiger partial charge is 0.397 e. The lowest BCUT2D eigenvalue weighted by atomic mass is 9.96. The van der Waals surface area contributed by atoms with Crippen LogP contribution in [-0.4, -0.2) is 44.9 Å². The van der Waals surface area contributed by atoms with Gasteiger partial charge in [-0.2, -0.15) is 5.10 Å². The monoisotopic (exact) mass is 308 g/mol. The molecule has 3 rings (SSSR count).